The van der Waals surface area contributed by atoms with Crippen molar-refractivity contribution in [2.24, 2.45) is 11.7 Å². The Kier molecular flexibility index (Phi) is 5.72. The van der Waals surface area contributed by atoms with Crippen LogP contribution in [-0.2, 0) is 6.42 Å². The molecule has 78 valence electrons. The van der Waals surface area contributed by atoms with Crippen molar-refractivity contribution in [3.63, 3.8) is 0 Å². The van der Waals surface area contributed by atoms with E-state index in [0.717, 1.165) is 6.54 Å². The van der Waals surface area contributed by atoms with Gasteiger partial charge >= 0.3 is 0 Å². The van der Waals surface area contributed by atoms with E-state index in [1.807, 2.05) is 11.8 Å². The van der Waals surface area contributed by atoms with Gasteiger partial charge in [0.1, 0.15) is 0 Å². The lowest BCUT2D eigenvalue weighted by molar-refractivity contribution is 0.675. The van der Waals surface area contributed by atoms with Crippen LogP contribution in [0.5, 0.6) is 0 Å². The van der Waals surface area contributed by atoms with Crippen molar-refractivity contribution in [2.45, 2.75) is 13.3 Å². The first-order valence-corrected chi connectivity index (χ1v) is 6.30. The maximum Gasteiger partial charge on any atom is -0.00269 e. The highest BCUT2D eigenvalue weighted by molar-refractivity contribution is 7.99. The molecule has 0 bridgehead atoms. The second kappa shape index (κ2) is 6.91. The Morgan fingerprint density at radius 2 is 2.00 bits per heavy atom. The van der Waals surface area contributed by atoms with Gasteiger partial charge in [-0.3, -0.25) is 0 Å². The molecule has 1 unspecified atom stereocenters. The Bertz CT molecular complexity index is 235. The van der Waals surface area contributed by atoms with E-state index in [9.17, 15) is 0 Å². The van der Waals surface area contributed by atoms with Gasteiger partial charge in [0.25, 0.3) is 0 Å². The van der Waals surface area contributed by atoms with Crippen LogP contribution in [0.1, 0.15) is 12.5 Å². The number of aryl methyl sites for hydroxylation is 1. The highest BCUT2D eigenvalue weighted by atomic mass is 32.2. The van der Waals surface area contributed by atoms with Crippen molar-refractivity contribution in [2.75, 3.05) is 18.1 Å². The van der Waals surface area contributed by atoms with Crippen molar-refractivity contribution >= 4 is 11.8 Å². The molecule has 0 radical (unpaired) electrons. The molecule has 1 aromatic rings. The molecule has 0 aliphatic rings. The molecule has 0 aromatic heterocycles. The van der Waals surface area contributed by atoms with Gasteiger partial charge in [0.2, 0.25) is 0 Å². The molecule has 0 saturated heterocycles. The third kappa shape index (κ3) is 4.68. The molecule has 1 aromatic carbocycles. The van der Waals surface area contributed by atoms with E-state index >= 15 is 0 Å². The number of nitrogens with two attached hydrogens (primary N) is 1. The number of rotatable bonds is 6. The minimum atomic E-state index is 0.649. The minimum absolute atomic E-state index is 0.649. The molecule has 2 heteroatoms. The molecular weight excluding hydrogens is 190 g/mol. The molecule has 0 fully saturated rings. The fourth-order valence-electron chi connectivity index (χ4n) is 1.19. The van der Waals surface area contributed by atoms with Crippen LogP contribution in [0, 0.1) is 5.92 Å². The van der Waals surface area contributed by atoms with Crippen molar-refractivity contribution in [1.82, 2.24) is 0 Å². The Balaban J connectivity index is 2.10. The van der Waals surface area contributed by atoms with E-state index in [1.165, 1.54) is 23.5 Å². The fourth-order valence-corrected chi connectivity index (χ4v) is 2.27. The first-order chi connectivity index (χ1) is 6.83. The summed E-state index contributed by atoms with van der Waals surface area (Å²) in [5.41, 5.74) is 6.98. The van der Waals surface area contributed by atoms with Gasteiger partial charge in [-0.25, -0.2) is 0 Å². The third-order valence-corrected chi connectivity index (χ3v) is 3.48. The average molecular weight is 209 g/mol. The Hall–Kier alpha value is -0.470. The van der Waals surface area contributed by atoms with Gasteiger partial charge in [0.05, 0.1) is 0 Å². The number of thioether (sulfide) groups is 1. The molecule has 14 heavy (non-hydrogen) atoms. The molecule has 0 aliphatic heterocycles. The Labute approximate surface area is 91.1 Å². The zero-order valence-electron chi connectivity index (χ0n) is 8.78. The number of hydrogen-bond acceptors (Lipinski definition) is 2. The standard InChI is InChI=1S/C12H19NS/c1-11(9-13)10-14-8-7-12-5-3-2-4-6-12/h2-6,11H,7-10,13H2,1H3. The van der Waals surface area contributed by atoms with Crippen molar-refractivity contribution in [3.05, 3.63) is 35.9 Å². The summed E-state index contributed by atoms with van der Waals surface area (Å²) in [6, 6.07) is 10.6. The topological polar surface area (TPSA) is 26.0 Å². The van der Waals surface area contributed by atoms with E-state index in [2.05, 4.69) is 37.3 Å². The van der Waals surface area contributed by atoms with E-state index in [4.69, 9.17) is 5.73 Å². The lowest BCUT2D eigenvalue weighted by Crippen LogP contribution is -2.13. The van der Waals surface area contributed by atoms with Gasteiger partial charge in [0.15, 0.2) is 0 Å². The van der Waals surface area contributed by atoms with Crippen LogP contribution >= 0.6 is 11.8 Å². The normalized spacial score (nSPS) is 12.7. The summed E-state index contributed by atoms with van der Waals surface area (Å²) in [6.07, 6.45) is 1.17. The summed E-state index contributed by atoms with van der Waals surface area (Å²) in [4.78, 5) is 0. The second-order valence-electron chi connectivity index (χ2n) is 3.65. The Morgan fingerprint density at radius 1 is 1.29 bits per heavy atom. The first-order valence-electron chi connectivity index (χ1n) is 5.14. The van der Waals surface area contributed by atoms with Crippen LogP contribution in [0.25, 0.3) is 0 Å². The summed E-state index contributed by atoms with van der Waals surface area (Å²) in [6.45, 7) is 3.01. The van der Waals surface area contributed by atoms with E-state index in [0.29, 0.717) is 5.92 Å². The summed E-state index contributed by atoms with van der Waals surface area (Å²) in [5.74, 6) is 3.04. The maximum absolute atomic E-state index is 5.55. The summed E-state index contributed by atoms with van der Waals surface area (Å²) >= 11 is 2.00. The van der Waals surface area contributed by atoms with Gasteiger partial charge in [0, 0.05) is 0 Å². The van der Waals surface area contributed by atoms with Gasteiger partial charge in [-0.05, 0) is 36.0 Å². The van der Waals surface area contributed by atoms with E-state index < -0.39 is 0 Å². The summed E-state index contributed by atoms with van der Waals surface area (Å²) in [5, 5.41) is 0. The maximum atomic E-state index is 5.55. The lowest BCUT2D eigenvalue weighted by atomic mass is 10.2. The van der Waals surface area contributed by atoms with Gasteiger partial charge in [-0.2, -0.15) is 11.8 Å². The van der Waals surface area contributed by atoms with Crippen molar-refractivity contribution in [1.29, 1.82) is 0 Å². The third-order valence-electron chi connectivity index (χ3n) is 2.18. The number of benzene rings is 1. The zero-order chi connectivity index (χ0) is 10.2. The highest BCUT2D eigenvalue weighted by Crippen LogP contribution is 2.10. The molecule has 2 N–H and O–H groups in total. The first kappa shape index (κ1) is 11.6. The van der Waals surface area contributed by atoms with Crippen molar-refractivity contribution < 1.29 is 0 Å². The predicted molar refractivity (Wildman–Crippen MR) is 65.7 cm³/mol. The zero-order valence-corrected chi connectivity index (χ0v) is 9.59. The van der Waals surface area contributed by atoms with Gasteiger partial charge in [-0.15, -0.1) is 0 Å². The van der Waals surface area contributed by atoms with Crippen LogP contribution in [0.2, 0.25) is 0 Å². The predicted octanol–water partition coefficient (Wildman–Crippen LogP) is 2.56. The molecule has 0 spiro atoms. The van der Waals surface area contributed by atoms with E-state index in [1.54, 1.807) is 0 Å². The van der Waals surface area contributed by atoms with Crippen LogP contribution in [0.15, 0.2) is 30.3 Å². The Morgan fingerprint density at radius 3 is 2.64 bits per heavy atom. The second-order valence-corrected chi connectivity index (χ2v) is 4.80. The lowest BCUT2D eigenvalue weighted by Gasteiger charge is -2.07. The fraction of sp³-hybridized carbons (Fsp3) is 0.500. The minimum Gasteiger partial charge on any atom is -0.330 e. The SMILES string of the molecule is CC(CN)CSCCc1ccccc1. The van der Waals surface area contributed by atoms with Crippen LogP contribution < -0.4 is 5.73 Å². The van der Waals surface area contributed by atoms with Crippen LogP contribution in [0.4, 0.5) is 0 Å². The molecule has 0 amide bonds. The average Bonchev–Trinajstić information content (AvgIpc) is 2.25. The molecule has 1 nitrogen and oxygen atoms in total. The largest absolute Gasteiger partial charge is 0.330 e. The highest BCUT2D eigenvalue weighted by Gasteiger charge is 1.98. The molecular formula is C12H19NS. The monoisotopic (exact) mass is 209 g/mol. The molecule has 0 heterocycles. The van der Waals surface area contributed by atoms with E-state index in [-0.39, 0.29) is 0 Å². The smallest absolute Gasteiger partial charge is 0.00269 e. The van der Waals surface area contributed by atoms with Crippen LogP contribution in [0.3, 0.4) is 0 Å². The van der Waals surface area contributed by atoms with Gasteiger partial charge in [-0.1, -0.05) is 37.3 Å². The number of hydrogen-bond donors (Lipinski definition) is 1. The molecule has 0 saturated carbocycles. The summed E-state index contributed by atoms with van der Waals surface area (Å²) in [7, 11) is 0. The van der Waals surface area contributed by atoms with Crippen LogP contribution in [-0.4, -0.2) is 18.1 Å². The van der Waals surface area contributed by atoms with Gasteiger partial charge < -0.3 is 5.73 Å². The van der Waals surface area contributed by atoms with Crippen molar-refractivity contribution in [3.8, 4) is 0 Å². The molecule has 1 rings (SSSR count). The molecule has 1 atom stereocenters. The molecule has 0 aliphatic carbocycles. The quantitative estimate of drug-likeness (QED) is 0.729. The summed E-state index contributed by atoms with van der Waals surface area (Å²) < 4.78 is 0.